The van der Waals surface area contributed by atoms with Crippen LogP contribution in [0.4, 0.5) is 5.95 Å². The Labute approximate surface area is 89.3 Å². The summed E-state index contributed by atoms with van der Waals surface area (Å²) in [6.07, 6.45) is 2.51. The average molecular weight is 201 g/mol. The van der Waals surface area contributed by atoms with Crippen LogP contribution in [0.2, 0.25) is 0 Å². The number of anilines is 1. The molecule has 1 aliphatic rings. The standard InChI is InChI=1S/C12H15N3/c1-14-8-4-5-9-15-11-7-3-2-6-10(11)13-12(14)15/h2-3,6-7H,4-5,8-9H2,1H3. The number of imidazole rings is 1. The van der Waals surface area contributed by atoms with E-state index in [1.807, 2.05) is 0 Å². The van der Waals surface area contributed by atoms with Crippen molar-refractivity contribution in [3.05, 3.63) is 24.3 Å². The first-order valence-corrected chi connectivity index (χ1v) is 5.53. The second kappa shape index (κ2) is 3.26. The Morgan fingerprint density at radius 3 is 2.87 bits per heavy atom. The molecule has 0 aliphatic carbocycles. The minimum Gasteiger partial charge on any atom is -0.345 e. The van der Waals surface area contributed by atoms with Gasteiger partial charge in [-0.05, 0) is 25.0 Å². The van der Waals surface area contributed by atoms with Gasteiger partial charge >= 0.3 is 0 Å². The SMILES string of the molecule is CN1CCCCn2c1nc1ccccc12. The first-order valence-electron chi connectivity index (χ1n) is 5.53. The van der Waals surface area contributed by atoms with Gasteiger partial charge in [-0.2, -0.15) is 0 Å². The van der Waals surface area contributed by atoms with Crippen molar-refractivity contribution in [2.75, 3.05) is 18.5 Å². The van der Waals surface area contributed by atoms with Gasteiger partial charge in [-0.3, -0.25) is 0 Å². The van der Waals surface area contributed by atoms with Gasteiger partial charge in [-0.1, -0.05) is 12.1 Å². The number of para-hydroxylation sites is 2. The normalized spacial score (nSPS) is 16.5. The van der Waals surface area contributed by atoms with Crippen molar-refractivity contribution in [2.24, 2.45) is 0 Å². The van der Waals surface area contributed by atoms with Crippen LogP contribution in [0.5, 0.6) is 0 Å². The van der Waals surface area contributed by atoms with Crippen LogP contribution in [0.25, 0.3) is 11.0 Å². The molecule has 0 unspecified atom stereocenters. The first kappa shape index (κ1) is 8.77. The molecule has 0 amide bonds. The molecule has 0 spiro atoms. The molecule has 0 fully saturated rings. The molecule has 2 heterocycles. The quantitative estimate of drug-likeness (QED) is 0.652. The van der Waals surface area contributed by atoms with Gasteiger partial charge in [0.25, 0.3) is 0 Å². The molecular formula is C12H15N3. The van der Waals surface area contributed by atoms with E-state index in [9.17, 15) is 0 Å². The van der Waals surface area contributed by atoms with Gasteiger partial charge < -0.3 is 9.47 Å². The van der Waals surface area contributed by atoms with Crippen LogP contribution in [0.3, 0.4) is 0 Å². The summed E-state index contributed by atoms with van der Waals surface area (Å²) < 4.78 is 2.34. The fraction of sp³-hybridized carbons (Fsp3) is 0.417. The summed E-state index contributed by atoms with van der Waals surface area (Å²) >= 11 is 0. The maximum atomic E-state index is 4.68. The predicted octanol–water partition coefficient (Wildman–Crippen LogP) is 2.27. The Morgan fingerprint density at radius 2 is 1.93 bits per heavy atom. The van der Waals surface area contributed by atoms with Crippen molar-refractivity contribution in [2.45, 2.75) is 19.4 Å². The lowest BCUT2D eigenvalue weighted by atomic mass is 10.3. The van der Waals surface area contributed by atoms with Crippen LogP contribution in [0.15, 0.2) is 24.3 Å². The molecule has 78 valence electrons. The van der Waals surface area contributed by atoms with E-state index in [0.29, 0.717) is 0 Å². The van der Waals surface area contributed by atoms with E-state index in [0.717, 1.165) is 24.6 Å². The van der Waals surface area contributed by atoms with E-state index >= 15 is 0 Å². The van der Waals surface area contributed by atoms with Crippen LogP contribution in [0, 0.1) is 0 Å². The molecule has 3 heteroatoms. The zero-order valence-electron chi connectivity index (χ0n) is 8.98. The Bertz CT molecular complexity index is 487. The molecule has 3 nitrogen and oxygen atoms in total. The van der Waals surface area contributed by atoms with E-state index in [1.54, 1.807) is 0 Å². The van der Waals surface area contributed by atoms with E-state index in [1.165, 1.54) is 18.4 Å². The summed E-state index contributed by atoms with van der Waals surface area (Å²) in [5.41, 5.74) is 2.38. The minimum atomic E-state index is 1.10. The van der Waals surface area contributed by atoms with Gasteiger partial charge in [0.2, 0.25) is 5.95 Å². The maximum Gasteiger partial charge on any atom is 0.206 e. The van der Waals surface area contributed by atoms with Crippen LogP contribution < -0.4 is 4.90 Å². The highest BCUT2D eigenvalue weighted by Gasteiger charge is 2.16. The lowest BCUT2D eigenvalue weighted by Gasteiger charge is -2.14. The number of fused-ring (bicyclic) bond motifs is 3. The van der Waals surface area contributed by atoms with E-state index in [2.05, 4.69) is 45.8 Å². The van der Waals surface area contributed by atoms with Gasteiger partial charge in [0, 0.05) is 20.1 Å². The van der Waals surface area contributed by atoms with Crippen molar-refractivity contribution in [1.82, 2.24) is 9.55 Å². The highest BCUT2D eigenvalue weighted by molar-refractivity contribution is 5.78. The van der Waals surface area contributed by atoms with E-state index < -0.39 is 0 Å². The van der Waals surface area contributed by atoms with Crippen LogP contribution in [-0.2, 0) is 6.54 Å². The van der Waals surface area contributed by atoms with Crippen molar-refractivity contribution in [3.8, 4) is 0 Å². The molecule has 15 heavy (non-hydrogen) atoms. The lowest BCUT2D eigenvalue weighted by molar-refractivity contribution is 0.668. The monoisotopic (exact) mass is 201 g/mol. The van der Waals surface area contributed by atoms with Gasteiger partial charge in [0.15, 0.2) is 0 Å². The molecule has 0 N–H and O–H groups in total. The van der Waals surface area contributed by atoms with Gasteiger partial charge in [0.1, 0.15) is 0 Å². The van der Waals surface area contributed by atoms with Crippen LogP contribution >= 0.6 is 0 Å². The van der Waals surface area contributed by atoms with Crippen molar-refractivity contribution in [3.63, 3.8) is 0 Å². The summed E-state index contributed by atoms with van der Waals surface area (Å²) in [7, 11) is 2.13. The van der Waals surface area contributed by atoms with Gasteiger partial charge in [-0.15, -0.1) is 0 Å². The number of nitrogens with zero attached hydrogens (tertiary/aromatic N) is 3. The largest absolute Gasteiger partial charge is 0.345 e. The maximum absolute atomic E-state index is 4.68. The zero-order valence-corrected chi connectivity index (χ0v) is 8.98. The highest BCUT2D eigenvalue weighted by Crippen LogP contribution is 2.24. The molecule has 1 aliphatic heterocycles. The molecule has 3 rings (SSSR count). The first-order chi connectivity index (χ1) is 7.36. The summed E-state index contributed by atoms with van der Waals surface area (Å²) in [4.78, 5) is 6.94. The number of rotatable bonds is 0. The number of benzene rings is 1. The average Bonchev–Trinajstić information content (AvgIpc) is 2.54. The molecule has 0 saturated carbocycles. The van der Waals surface area contributed by atoms with Crippen LogP contribution in [-0.4, -0.2) is 23.1 Å². The van der Waals surface area contributed by atoms with Crippen molar-refractivity contribution < 1.29 is 0 Å². The van der Waals surface area contributed by atoms with E-state index in [4.69, 9.17) is 0 Å². The molecule has 2 aromatic rings. The number of aromatic nitrogens is 2. The third kappa shape index (κ3) is 1.30. The van der Waals surface area contributed by atoms with Gasteiger partial charge in [-0.25, -0.2) is 4.98 Å². The molecular weight excluding hydrogens is 186 g/mol. The number of hydrogen-bond acceptors (Lipinski definition) is 2. The summed E-state index contributed by atoms with van der Waals surface area (Å²) in [6.45, 7) is 2.21. The third-order valence-corrected chi connectivity index (χ3v) is 3.10. The Balaban J connectivity index is 2.26. The van der Waals surface area contributed by atoms with Crippen LogP contribution in [0.1, 0.15) is 12.8 Å². The highest BCUT2D eigenvalue weighted by atomic mass is 15.3. The molecule has 0 atom stereocenters. The fourth-order valence-corrected chi connectivity index (χ4v) is 2.29. The lowest BCUT2D eigenvalue weighted by Crippen LogP contribution is -2.19. The molecule has 0 radical (unpaired) electrons. The summed E-state index contributed by atoms with van der Waals surface area (Å²) in [5, 5.41) is 0. The fourth-order valence-electron chi connectivity index (χ4n) is 2.29. The summed E-state index contributed by atoms with van der Waals surface area (Å²) in [5.74, 6) is 1.12. The number of aryl methyl sites for hydroxylation is 1. The molecule has 1 aromatic heterocycles. The number of hydrogen-bond donors (Lipinski definition) is 0. The molecule has 0 bridgehead atoms. The van der Waals surface area contributed by atoms with E-state index in [-0.39, 0.29) is 0 Å². The molecule has 0 saturated heterocycles. The Hall–Kier alpha value is -1.51. The topological polar surface area (TPSA) is 21.1 Å². The second-order valence-electron chi connectivity index (χ2n) is 4.18. The van der Waals surface area contributed by atoms with Crippen molar-refractivity contribution >= 4 is 17.0 Å². The molecule has 1 aromatic carbocycles. The predicted molar refractivity (Wildman–Crippen MR) is 62.2 cm³/mol. The van der Waals surface area contributed by atoms with Gasteiger partial charge in [0.05, 0.1) is 11.0 Å². The Morgan fingerprint density at radius 1 is 1.13 bits per heavy atom. The Kier molecular flexibility index (Phi) is 1.91. The zero-order chi connectivity index (χ0) is 10.3. The smallest absolute Gasteiger partial charge is 0.206 e. The minimum absolute atomic E-state index is 1.10. The van der Waals surface area contributed by atoms with Crippen molar-refractivity contribution in [1.29, 1.82) is 0 Å². The summed E-state index contributed by atoms with van der Waals surface area (Å²) in [6, 6.07) is 8.38. The third-order valence-electron chi connectivity index (χ3n) is 3.10. The second-order valence-corrected chi connectivity index (χ2v) is 4.18.